The van der Waals surface area contributed by atoms with Crippen LogP contribution in [-0.2, 0) is 0 Å². The maximum absolute atomic E-state index is 9.16. The Balaban J connectivity index is 1.90. The van der Waals surface area contributed by atoms with E-state index in [1.54, 1.807) is 0 Å². The molecule has 3 nitrogen and oxygen atoms in total. The van der Waals surface area contributed by atoms with Crippen LogP contribution in [0.2, 0.25) is 0 Å². The summed E-state index contributed by atoms with van der Waals surface area (Å²) in [7, 11) is 0. The standard InChI is InChI=1S/C15H20N2O/c18-16-14-8-4-10-17(11-12-5-3-6-12)15-9-2-1-7-13(14)15/h1-2,7,9,12,18H,3-6,8,10-11H2/b16-14-. The molecular weight excluding hydrogens is 224 g/mol. The Hall–Kier alpha value is -1.51. The molecule has 0 bridgehead atoms. The fourth-order valence-corrected chi connectivity index (χ4v) is 2.97. The Morgan fingerprint density at radius 2 is 2.06 bits per heavy atom. The van der Waals surface area contributed by atoms with Crippen molar-refractivity contribution in [2.45, 2.75) is 32.1 Å². The Labute approximate surface area is 108 Å². The maximum Gasteiger partial charge on any atom is 0.0889 e. The van der Waals surface area contributed by atoms with Gasteiger partial charge in [-0.2, -0.15) is 0 Å². The summed E-state index contributed by atoms with van der Waals surface area (Å²) in [6.45, 7) is 2.24. The minimum absolute atomic E-state index is 0.835. The zero-order chi connectivity index (χ0) is 12.4. The number of hydrogen-bond donors (Lipinski definition) is 1. The fraction of sp³-hybridized carbons (Fsp3) is 0.533. The second-order valence-electron chi connectivity index (χ2n) is 5.41. The molecule has 1 aliphatic carbocycles. The van der Waals surface area contributed by atoms with Crippen LogP contribution in [0.25, 0.3) is 0 Å². The highest BCUT2D eigenvalue weighted by Crippen LogP contribution is 2.32. The van der Waals surface area contributed by atoms with Crippen molar-refractivity contribution in [1.29, 1.82) is 0 Å². The van der Waals surface area contributed by atoms with Gasteiger partial charge in [0, 0.05) is 24.3 Å². The summed E-state index contributed by atoms with van der Waals surface area (Å²) in [6, 6.07) is 8.33. The van der Waals surface area contributed by atoms with Crippen LogP contribution < -0.4 is 4.90 Å². The maximum atomic E-state index is 9.16. The largest absolute Gasteiger partial charge is 0.411 e. The number of fused-ring (bicyclic) bond motifs is 1. The first-order chi connectivity index (χ1) is 8.88. The number of hydrogen-bond acceptors (Lipinski definition) is 3. The second-order valence-corrected chi connectivity index (χ2v) is 5.41. The molecule has 3 rings (SSSR count). The van der Waals surface area contributed by atoms with E-state index >= 15 is 0 Å². The summed E-state index contributed by atoms with van der Waals surface area (Å²) in [6.07, 6.45) is 6.08. The van der Waals surface area contributed by atoms with E-state index in [1.807, 2.05) is 6.07 Å². The summed E-state index contributed by atoms with van der Waals surface area (Å²) in [4.78, 5) is 2.48. The van der Waals surface area contributed by atoms with E-state index in [4.69, 9.17) is 5.21 Å². The van der Waals surface area contributed by atoms with Gasteiger partial charge in [-0.3, -0.25) is 0 Å². The molecule has 96 valence electrons. The van der Waals surface area contributed by atoms with Crippen molar-refractivity contribution in [1.82, 2.24) is 0 Å². The molecule has 1 N–H and O–H groups in total. The van der Waals surface area contributed by atoms with Crippen molar-refractivity contribution in [3.8, 4) is 0 Å². The third-order valence-electron chi connectivity index (χ3n) is 4.22. The second kappa shape index (κ2) is 5.01. The number of rotatable bonds is 2. The molecule has 1 aromatic rings. The van der Waals surface area contributed by atoms with Gasteiger partial charge < -0.3 is 10.1 Å². The molecule has 1 fully saturated rings. The first kappa shape index (κ1) is 11.6. The molecule has 3 heteroatoms. The molecule has 1 saturated carbocycles. The van der Waals surface area contributed by atoms with Gasteiger partial charge in [0.15, 0.2) is 0 Å². The quantitative estimate of drug-likeness (QED) is 0.640. The first-order valence-electron chi connectivity index (χ1n) is 6.94. The zero-order valence-corrected chi connectivity index (χ0v) is 10.7. The van der Waals surface area contributed by atoms with Crippen molar-refractivity contribution < 1.29 is 5.21 Å². The lowest BCUT2D eigenvalue weighted by Gasteiger charge is -2.33. The smallest absolute Gasteiger partial charge is 0.0889 e. The molecule has 2 aliphatic rings. The lowest BCUT2D eigenvalue weighted by molar-refractivity contribution is 0.317. The SMILES string of the molecule is O/N=C1/CCCN(CC2CCC2)c2ccccc21. The van der Waals surface area contributed by atoms with Crippen LogP contribution in [0.5, 0.6) is 0 Å². The van der Waals surface area contributed by atoms with E-state index in [0.717, 1.165) is 43.1 Å². The van der Waals surface area contributed by atoms with Crippen LogP contribution in [0.15, 0.2) is 29.4 Å². The van der Waals surface area contributed by atoms with Gasteiger partial charge in [-0.1, -0.05) is 29.8 Å². The van der Waals surface area contributed by atoms with Crippen molar-refractivity contribution in [2.24, 2.45) is 11.1 Å². The van der Waals surface area contributed by atoms with Crippen LogP contribution in [0, 0.1) is 5.92 Å². The van der Waals surface area contributed by atoms with Crippen molar-refractivity contribution in [2.75, 3.05) is 18.0 Å². The lowest BCUT2D eigenvalue weighted by atomic mass is 9.85. The fourth-order valence-electron chi connectivity index (χ4n) is 2.97. The third kappa shape index (κ3) is 2.09. The molecule has 0 spiro atoms. The van der Waals surface area contributed by atoms with Crippen molar-refractivity contribution in [3.63, 3.8) is 0 Å². The average molecular weight is 244 g/mol. The Morgan fingerprint density at radius 1 is 1.22 bits per heavy atom. The summed E-state index contributed by atoms with van der Waals surface area (Å²) in [5, 5.41) is 12.6. The van der Waals surface area contributed by atoms with Crippen LogP contribution in [0.1, 0.15) is 37.7 Å². The van der Waals surface area contributed by atoms with Crippen LogP contribution in [0.4, 0.5) is 5.69 Å². The number of para-hydroxylation sites is 1. The van der Waals surface area contributed by atoms with Gasteiger partial charge in [-0.25, -0.2) is 0 Å². The normalized spacial score (nSPS) is 22.4. The summed E-state index contributed by atoms with van der Waals surface area (Å²) >= 11 is 0. The van der Waals surface area contributed by atoms with Crippen LogP contribution in [-0.4, -0.2) is 24.0 Å². The predicted octanol–water partition coefficient (Wildman–Crippen LogP) is 3.27. The van der Waals surface area contributed by atoms with Gasteiger partial charge in [0.1, 0.15) is 0 Å². The van der Waals surface area contributed by atoms with Gasteiger partial charge in [0.25, 0.3) is 0 Å². The molecule has 0 saturated heterocycles. The summed E-state index contributed by atoms with van der Waals surface area (Å²) in [5.74, 6) is 0.866. The van der Waals surface area contributed by atoms with Crippen LogP contribution >= 0.6 is 0 Å². The minimum atomic E-state index is 0.835. The van der Waals surface area contributed by atoms with E-state index in [2.05, 4.69) is 28.3 Å². The third-order valence-corrected chi connectivity index (χ3v) is 4.22. The lowest BCUT2D eigenvalue weighted by Crippen LogP contribution is -2.33. The molecule has 0 amide bonds. The topological polar surface area (TPSA) is 35.8 Å². The summed E-state index contributed by atoms with van der Waals surface area (Å²) < 4.78 is 0. The van der Waals surface area contributed by atoms with E-state index in [-0.39, 0.29) is 0 Å². The van der Waals surface area contributed by atoms with Gasteiger partial charge in [0.2, 0.25) is 0 Å². The predicted molar refractivity (Wildman–Crippen MR) is 73.6 cm³/mol. The first-order valence-corrected chi connectivity index (χ1v) is 6.94. The molecular formula is C15H20N2O. The van der Waals surface area contributed by atoms with E-state index < -0.39 is 0 Å². The number of nitrogens with zero attached hydrogens (tertiary/aromatic N) is 2. The Bertz CT molecular complexity index is 452. The van der Waals surface area contributed by atoms with E-state index in [1.165, 1.54) is 24.9 Å². The summed E-state index contributed by atoms with van der Waals surface area (Å²) in [5.41, 5.74) is 3.19. The van der Waals surface area contributed by atoms with E-state index in [9.17, 15) is 0 Å². The van der Waals surface area contributed by atoms with Gasteiger partial charge >= 0.3 is 0 Å². The molecule has 0 aromatic heterocycles. The highest BCUT2D eigenvalue weighted by molar-refractivity contribution is 6.05. The Kier molecular flexibility index (Phi) is 3.22. The highest BCUT2D eigenvalue weighted by Gasteiger charge is 2.24. The molecule has 1 aliphatic heterocycles. The molecule has 1 aromatic carbocycles. The van der Waals surface area contributed by atoms with Gasteiger partial charge in [-0.15, -0.1) is 0 Å². The van der Waals surface area contributed by atoms with E-state index in [0.29, 0.717) is 0 Å². The highest BCUT2D eigenvalue weighted by atomic mass is 16.4. The zero-order valence-electron chi connectivity index (χ0n) is 10.7. The molecule has 0 radical (unpaired) electrons. The van der Waals surface area contributed by atoms with Gasteiger partial charge in [-0.05, 0) is 37.7 Å². The monoisotopic (exact) mass is 244 g/mol. The molecule has 0 unspecified atom stereocenters. The molecule has 0 atom stereocenters. The number of oxime groups is 1. The number of anilines is 1. The Morgan fingerprint density at radius 3 is 2.78 bits per heavy atom. The van der Waals surface area contributed by atoms with Gasteiger partial charge in [0.05, 0.1) is 5.71 Å². The minimum Gasteiger partial charge on any atom is -0.411 e. The average Bonchev–Trinajstić information content (AvgIpc) is 2.53. The molecule has 18 heavy (non-hydrogen) atoms. The van der Waals surface area contributed by atoms with Crippen LogP contribution in [0.3, 0.4) is 0 Å². The van der Waals surface area contributed by atoms with Crippen molar-refractivity contribution >= 4 is 11.4 Å². The molecule has 1 heterocycles. The number of benzene rings is 1. The van der Waals surface area contributed by atoms with Crippen molar-refractivity contribution in [3.05, 3.63) is 29.8 Å².